The normalized spacial score (nSPS) is 16.9. The molecule has 0 fully saturated rings. The van der Waals surface area contributed by atoms with Gasteiger partial charge < -0.3 is 26.2 Å². The van der Waals surface area contributed by atoms with Gasteiger partial charge in [0.15, 0.2) is 0 Å². The topological polar surface area (TPSA) is 103 Å². The molecule has 1 aliphatic carbocycles. The first-order chi connectivity index (χ1) is 23.8. The van der Waals surface area contributed by atoms with Gasteiger partial charge in [0.1, 0.15) is 6.04 Å². The summed E-state index contributed by atoms with van der Waals surface area (Å²) in [5.41, 5.74) is 9.63. The summed E-state index contributed by atoms with van der Waals surface area (Å²) in [6, 6.07) is 32.9. The first-order valence-electron chi connectivity index (χ1n) is 17.3. The Hall–Kier alpha value is -4.95. The van der Waals surface area contributed by atoms with Gasteiger partial charge in [-0.25, -0.2) is 0 Å². The second-order valence-corrected chi connectivity index (χ2v) is 13.1. The van der Waals surface area contributed by atoms with Crippen molar-refractivity contribution in [3.8, 4) is 0 Å². The highest BCUT2D eigenvalue weighted by Crippen LogP contribution is 2.29. The smallest absolute Gasteiger partial charge is 0.246 e. The van der Waals surface area contributed by atoms with Crippen LogP contribution < -0.4 is 21.3 Å². The van der Waals surface area contributed by atoms with Crippen molar-refractivity contribution in [1.29, 1.82) is 0 Å². The minimum Gasteiger partial charge on any atom is -0.381 e. The number of rotatable bonds is 11. The van der Waals surface area contributed by atoms with Crippen molar-refractivity contribution in [3.05, 3.63) is 136 Å². The molecular formula is C41H49N5O3. The largest absolute Gasteiger partial charge is 0.381 e. The van der Waals surface area contributed by atoms with Crippen molar-refractivity contribution in [1.82, 2.24) is 20.9 Å². The van der Waals surface area contributed by atoms with Crippen LogP contribution in [0, 0.1) is 6.92 Å². The van der Waals surface area contributed by atoms with Crippen LogP contribution in [0.15, 0.2) is 97.1 Å². The Morgan fingerprint density at radius 2 is 1.55 bits per heavy atom. The molecule has 1 heterocycles. The highest BCUT2D eigenvalue weighted by molar-refractivity contribution is 5.89. The maximum absolute atomic E-state index is 13.7. The van der Waals surface area contributed by atoms with Gasteiger partial charge in [0.2, 0.25) is 18.2 Å². The summed E-state index contributed by atoms with van der Waals surface area (Å²) in [7, 11) is 1.72. The molecule has 4 N–H and O–H groups in total. The van der Waals surface area contributed by atoms with Crippen molar-refractivity contribution in [3.63, 3.8) is 0 Å². The summed E-state index contributed by atoms with van der Waals surface area (Å²) in [6.07, 6.45) is 5.44. The fourth-order valence-corrected chi connectivity index (χ4v) is 6.69. The molecule has 4 aromatic carbocycles. The number of aryl methyl sites for hydroxylation is 2. The highest BCUT2D eigenvalue weighted by Gasteiger charge is 2.32. The third-order valence-corrected chi connectivity index (χ3v) is 9.41. The SMILES string of the molecule is CNCC(=O)NC(Cc1ccc(NCc2ccc(C)cc2)cc1)C(=O)N1Cc2ccccc2C[C@H]1C.O=CNC1CCCc2ccccc21. The van der Waals surface area contributed by atoms with Crippen molar-refractivity contribution >= 4 is 23.9 Å². The van der Waals surface area contributed by atoms with E-state index < -0.39 is 6.04 Å². The Labute approximate surface area is 290 Å². The molecule has 8 heteroatoms. The zero-order chi connectivity index (χ0) is 34.6. The van der Waals surface area contributed by atoms with E-state index in [0.29, 0.717) is 13.0 Å². The van der Waals surface area contributed by atoms with Gasteiger partial charge in [-0.05, 0) is 92.1 Å². The molecule has 8 nitrogen and oxygen atoms in total. The zero-order valence-electron chi connectivity index (χ0n) is 28.9. The number of hydrogen-bond donors (Lipinski definition) is 4. The Bertz CT molecular complexity index is 1690. The molecule has 6 rings (SSSR count). The Morgan fingerprint density at radius 3 is 2.27 bits per heavy atom. The molecule has 2 unspecified atom stereocenters. The monoisotopic (exact) mass is 659 g/mol. The average Bonchev–Trinajstić information content (AvgIpc) is 3.12. The van der Waals surface area contributed by atoms with Crippen LogP contribution in [-0.2, 0) is 46.7 Å². The molecule has 256 valence electrons. The molecule has 0 saturated carbocycles. The summed E-state index contributed by atoms with van der Waals surface area (Å²) < 4.78 is 0. The van der Waals surface area contributed by atoms with Crippen molar-refractivity contribution in [2.45, 2.75) is 77.2 Å². The van der Waals surface area contributed by atoms with Gasteiger partial charge in [-0.3, -0.25) is 14.4 Å². The van der Waals surface area contributed by atoms with Crippen LogP contribution in [-0.4, -0.2) is 48.8 Å². The fraction of sp³-hybridized carbons (Fsp3) is 0.341. The van der Waals surface area contributed by atoms with E-state index in [0.717, 1.165) is 43.5 Å². The first-order valence-corrected chi connectivity index (χ1v) is 17.3. The molecular weight excluding hydrogens is 610 g/mol. The van der Waals surface area contributed by atoms with Gasteiger partial charge in [0.05, 0.1) is 12.6 Å². The summed E-state index contributed by atoms with van der Waals surface area (Å²) in [5, 5.41) is 12.1. The standard InChI is InChI=1S/C30H36N4O2.C11H13NO/c1-21-8-10-24(11-9-21)18-32-27-14-12-23(13-15-27)17-28(33-29(35)19-31-3)30(36)34-20-26-7-5-4-6-25(26)16-22(34)2;13-8-12-11-7-3-5-9-4-1-2-6-10(9)11/h4-15,22,28,31-32H,16-20H2,1-3H3,(H,33,35);1-2,4,6,8,11H,3,5,7H2,(H,12,13)/t22-,28?;/m1./s1. The molecule has 2 aliphatic rings. The van der Waals surface area contributed by atoms with Gasteiger partial charge in [-0.1, -0.05) is 90.5 Å². The fourth-order valence-electron chi connectivity index (χ4n) is 6.69. The minimum absolute atomic E-state index is 0.0389. The second-order valence-electron chi connectivity index (χ2n) is 13.1. The van der Waals surface area contributed by atoms with Crippen LogP contribution in [0.2, 0.25) is 0 Å². The van der Waals surface area contributed by atoms with Gasteiger partial charge in [0.25, 0.3) is 0 Å². The number of benzene rings is 4. The quantitative estimate of drug-likeness (QED) is 0.156. The van der Waals surface area contributed by atoms with Gasteiger partial charge in [-0.15, -0.1) is 0 Å². The molecule has 0 saturated heterocycles. The van der Waals surface area contributed by atoms with Crippen LogP contribution in [0.25, 0.3) is 0 Å². The number of carbonyl (C=O) groups is 3. The number of fused-ring (bicyclic) bond motifs is 2. The van der Waals surface area contributed by atoms with Gasteiger partial charge in [0, 0.05) is 31.2 Å². The molecule has 0 spiro atoms. The molecule has 3 amide bonds. The van der Waals surface area contributed by atoms with E-state index in [9.17, 15) is 14.4 Å². The molecule has 0 aromatic heterocycles. The lowest BCUT2D eigenvalue weighted by Gasteiger charge is -2.37. The molecule has 0 radical (unpaired) electrons. The van der Waals surface area contributed by atoms with Gasteiger partial charge >= 0.3 is 0 Å². The van der Waals surface area contributed by atoms with Crippen LogP contribution in [0.3, 0.4) is 0 Å². The summed E-state index contributed by atoms with van der Waals surface area (Å²) in [4.78, 5) is 38.4. The molecule has 4 aromatic rings. The minimum atomic E-state index is -0.620. The Kier molecular flexibility index (Phi) is 12.6. The van der Waals surface area contributed by atoms with Crippen molar-refractivity contribution in [2.75, 3.05) is 18.9 Å². The number of likely N-dealkylation sites (N-methyl/N-ethyl adjacent to an activating group) is 1. The summed E-state index contributed by atoms with van der Waals surface area (Å²) >= 11 is 0. The lowest BCUT2D eigenvalue weighted by Crippen LogP contribution is -2.54. The average molecular weight is 660 g/mol. The van der Waals surface area contributed by atoms with E-state index in [1.165, 1.54) is 39.8 Å². The van der Waals surface area contributed by atoms with Crippen LogP contribution >= 0.6 is 0 Å². The number of amides is 3. The van der Waals surface area contributed by atoms with E-state index in [4.69, 9.17) is 0 Å². The number of nitrogens with zero attached hydrogens (tertiary/aromatic N) is 1. The Morgan fingerprint density at radius 1 is 0.878 bits per heavy atom. The van der Waals surface area contributed by atoms with Crippen LogP contribution in [0.5, 0.6) is 0 Å². The lowest BCUT2D eigenvalue weighted by atomic mass is 9.88. The van der Waals surface area contributed by atoms with E-state index >= 15 is 0 Å². The second kappa shape index (κ2) is 17.4. The summed E-state index contributed by atoms with van der Waals surface area (Å²) in [6.45, 7) is 5.64. The predicted molar refractivity (Wildman–Crippen MR) is 196 cm³/mol. The third-order valence-electron chi connectivity index (χ3n) is 9.41. The molecule has 0 bridgehead atoms. The summed E-state index contributed by atoms with van der Waals surface area (Å²) in [5.74, 6) is -0.222. The molecule has 49 heavy (non-hydrogen) atoms. The highest BCUT2D eigenvalue weighted by atomic mass is 16.2. The molecule has 3 atom stereocenters. The van der Waals surface area contributed by atoms with Crippen LogP contribution in [0.1, 0.15) is 64.8 Å². The van der Waals surface area contributed by atoms with Crippen molar-refractivity contribution in [2.24, 2.45) is 0 Å². The van der Waals surface area contributed by atoms with Gasteiger partial charge in [-0.2, -0.15) is 0 Å². The maximum atomic E-state index is 13.7. The number of carbonyl (C=O) groups excluding carboxylic acids is 3. The van der Waals surface area contributed by atoms with E-state index in [-0.39, 0.29) is 30.4 Å². The Balaban J connectivity index is 0.000000299. The zero-order valence-corrected chi connectivity index (χ0v) is 28.9. The predicted octanol–water partition coefficient (Wildman–Crippen LogP) is 5.64. The molecule has 1 aliphatic heterocycles. The number of anilines is 1. The number of hydrogen-bond acceptors (Lipinski definition) is 5. The van der Waals surface area contributed by atoms with Crippen LogP contribution in [0.4, 0.5) is 5.69 Å². The lowest BCUT2D eigenvalue weighted by molar-refractivity contribution is -0.139. The van der Waals surface area contributed by atoms with E-state index in [1.54, 1.807) is 7.05 Å². The third kappa shape index (κ3) is 9.80. The van der Waals surface area contributed by atoms with E-state index in [2.05, 4.69) is 89.7 Å². The van der Waals surface area contributed by atoms with Crippen molar-refractivity contribution < 1.29 is 14.4 Å². The number of nitrogens with one attached hydrogen (secondary N) is 4. The first kappa shape index (κ1) is 35.4. The maximum Gasteiger partial charge on any atom is 0.246 e. The van der Waals surface area contributed by atoms with E-state index in [1.807, 2.05) is 47.4 Å².